The fraction of sp³-hybridized carbons (Fsp3) is 0.421. The maximum absolute atomic E-state index is 11.4. The number of thiophene rings is 1. The van der Waals surface area contributed by atoms with Crippen LogP contribution in [0.25, 0.3) is 16.2 Å². The minimum absolute atomic E-state index is 0.0717. The monoisotopic (exact) mass is 357 g/mol. The van der Waals surface area contributed by atoms with Crippen LogP contribution in [0.2, 0.25) is 0 Å². The molecule has 1 fully saturated rings. The first-order valence-electron chi connectivity index (χ1n) is 8.46. The molecule has 0 aliphatic carbocycles. The molecule has 0 unspecified atom stereocenters. The summed E-state index contributed by atoms with van der Waals surface area (Å²) in [4.78, 5) is 11.4. The lowest BCUT2D eigenvalue weighted by Crippen LogP contribution is -2.41. The molecule has 2 heterocycles. The van der Waals surface area contributed by atoms with E-state index in [1.165, 1.54) is 17.0 Å². The van der Waals surface area contributed by atoms with Crippen molar-refractivity contribution >= 4 is 40.5 Å². The third-order valence-electron chi connectivity index (χ3n) is 4.95. The normalized spacial score (nSPS) is 19.4. The van der Waals surface area contributed by atoms with Gasteiger partial charge in [0.1, 0.15) is 0 Å². The second-order valence-electron chi connectivity index (χ2n) is 7.40. The van der Waals surface area contributed by atoms with Crippen molar-refractivity contribution in [3.05, 3.63) is 40.7 Å². The average Bonchev–Trinajstić information content (AvgIpc) is 3.02. The molecule has 1 aliphatic rings. The quantitative estimate of drug-likeness (QED) is 0.840. The summed E-state index contributed by atoms with van der Waals surface area (Å²) in [5, 5.41) is 6.20. The topological polar surface area (TPSA) is 47.6 Å². The third kappa shape index (κ3) is 3.66. The first-order valence-corrected chi connectivity index (χ1v) is 9.34. The van der Waals surface area contributed by atoms with E-state index in [1.807, 2.05) is 39.8 Å². The molecule has 0 saturated carbocycles. The molecule has 1 saturated heterocycles. The maximum Gasteiger partial charge on any atom is 0.492 e. The van der Waals surface area contributed by atoms with E-state index < -0.39 is 18.3 Å². The number of hydrogen-bond acceptors (Lipinski definition) is 4. The van der Waals surface area contributed by atoms with E-state index in [9.17, 15) is 4.79 Å². The molecule has 6 heteroatoms. The van der Waals surface area contributed by atoms with Gasteiger partial charge in [0.25, 0.3) is 0 Å². The summed E-state index contributed by atoms with van der Waals surface area (Å²) in [6.45, 7) is 10.0. The van der Waals surface area contributed by atoms with Gasteiger partial charge in [-0.05, 0) is 55.6 Å². The average molecular weight is 357 g/mol. The number of carbonyl (C=O) groups excluding carboxylic acids is 1. The Labute approximate surface area is 153 Å². The van der Waals surface area contributed by atoms with Crippen molar-refractivity contribution in [3.63, 3.8) is 0 Å². The molecular formula is C19H24BNO3S. The van der Waals surface area contributed by atoms with Crippen LogP contribution < -0.4 is 5.32 Å². The molecular weight excluding hydrogens is 333 g/mol. The van der Waals surface area contributed by atoms with E-state index in [0.29, 0.717) is 6.54 Å². The van der Waals surface area contributed by atoms with Crippen LogP contribution in [0.15, 0.2) is 35.1 Å². The highest BCUT2D eigenvalue weighted by molar-refractivity contribution is 7.17. The summed E-state index contributed by atoms with van der Waals surface area (Å²) >= 11 is 1.71. The van der Waals surface area contributed by atoms with Crippen molar-refractivity contribution in [2.24, 2.45) is 0 Å². The van der Waals surface area contributed by atoms with Crippen molar-refractivity contribution < 1.29 is 14.1 Å². The van der Waals surface area contributed by atoms with Gasteiger partial charge in [0.2, 0.25) is 5.91 Å². The van der Waals surface area contributed by atoms with Gasteiger partial charge in [-0.2, -0.15) is 0 Å². The molecule has 0 spiro atoms. The Bertz CT molecular complexity index is 809. The SMILES string of the molecule is CC(=O)NCC(=Cc1csc2ccccc12)B1OC(C)(C)C(C)(C)O1. The number of rotatable bonds is 4. The molecule has 132 valence electrons. The van der Waals surface area contributed by atoms with Crippen molar-refractivity contribution in [2.75, 3.05) is 6.54 Å². The highest BCUT2D eigenvalue weighted by Gasteiger charge is 2.52. The molecule has 0 atom stereocenters. The molecule has 2 aromatic rings. The van der Waals surface area contributed by atoms with Crippen LogP contribution in [-0.4, -0.2) is 30.8 Å². The Morgan fingerprint density at radius 2 is 1.84 bits per heavy atom. The smallest absolute Gasteiger partial charge is 0.400 e. The summed E-state index contributed by atoms with van der Waals surface area (Å²) < 4.78 is 13.6. The molecule has 1 aromatic carbocycles. The Balaban J connectivity index is 1.96. The first kappa shape index (κ1) is 18.2. The molecule has 1 aliphatic heterocycles. The predicted molar refractivity (Wildman–Crippen MR) is 105 cm³/mol. The van der Waals surface area contributed by atoms with Gasteiger partial charge < -0.3 is 14.6 Å². The van der Waals surface area contributed by atoms with Crippen molar-refractivity contribution in [1.82, 2.24) is 5.32 Å². The van der Waals surface area contributed by atoms with E-state index in [1.54, 1.807) is 11.3 Å². The van der Waals surface area contributed by atoms with E-state index in [2.05, 4.69) is 28.9 Å². The lowest BCUT2D eigenvalue weighted by molar-refractivity contribution is -0.118. The van der Waals surface area contributed by atoms with Gasteiger partial charge in [-0.1, -0.05) is 24.3 Å². The number of fused-ring (bicyclic) bond motifs is 1. The van der Waals surface area contributed by atoms with Crippen LogP contribution in [0.5, 0.6) is 0 Å². The van der Waals surface area contributed by atoms with Gasteiger partial charge >= 0.3 is 7.12 Å². The van der Waals surface area contributed by atoms with Crippen LogP contribution in [0.3, 0.4) is 0 Å². The van der Waals surface area contributed by atoms with Gasteiger partial charge in [-0.3, -0.25) is 4.79 Å². The summed E-state index contributed by atoms with van der Waals surface area (Å²) in [5.74, 6) is -0.0717. The molecule has 4 nitrogen and oxygen atoms in total. The summed E-state index contributed by atoms with van der Waals surface area (Å²) in [7, 11) is -0.476. The Morgan fingerprint density at radius 3 is 2.48 bits per heavy atom. The minimum Gasteiger partial charge on any atom is -0.400 e. The van der Waals surface area contributed by atoms with Crippen molar-refractivity contribution in [2.45, 2.75) is 45.8 Å². The van der Waals surface area contributed by atoms with Crippen molar-refractivity contribution in [3.8, 4) is 0 Å². The molecule has 0 bridgehead atoms. The van der Waals surface area contributed by atoms with E-state index >= 15 is 0 Å². The largest absolute Gasteiger partial charge is 0.492 e. The zero-order chi connectivity index (χ0) is 18.2. The zero-order valence-electron chi connectivity index (χ0n) is 15.4. The highest BCUT2D eigenvalue weighted by atomic mass is 32.1. The van der Waals surface area contributed by atoms with Crippen LogP contribution in [0, 0.1) is 0 Å². The van der Waals surface area contributed by atoms with Crippen LogP contribution >= 0.6 is 11.3 Å². The summed E-state index contributed by atoms with van der Waals surface area (Å²) in [6.07, 6.45) is 2.08. The number of hydrogen-bond donors (Lipinski definition) is 1. The van der Waals surface area contributed by atoms with Gasteiger partial charge in [0, 0.05) is 18.2 Å². The summed E-state index contributed by atoms with van der Waals surface area (Å²) in [5.41, 5.74) is 1.21. The van der Waals surface area contributed by atoms with Crippen LogP contribution in [-0.2, 0) is 14.1 Å². The standard InChI is InChI=1S/C19H24BNO3S/c1-13(22)21-11-15(20-23-18(2,3)19(4,5)24-20)10-14-12-25-17-9-7-6-8-16(14)17/h6-10,12H,11H2,1-5H3,(H,21,22). The second kappa shape index (κ2) is 6.59. The lowest BCUT2D eigenvalue weighted by Gasteiger charge is -2.32. The zero-order valence-corrected chi connectivity index (χ0v) is 16.2. The number of amides is 1. The van der Waals surface area contributed by atoms with E-state index in [0.717, 1.165) is 11.0 Å². The van der Waals surface area contributed by atoms with Crippen LogP contribution in [0.4, 0.5) is 0 Å². The Hall–Kier alpha value is -1.63. The number of benzene rings is 1. The Kier molecular flexibility index (Phi) is 4.79. The van der Waals surface area contributed by atoms with E-state index in [-0.39, 0.29) is 5.91 Å². The number of nitrogens with one attached hydrogen (secondary N) is 1. The molecule has 1 amide bonds. The molecule has 0 radical (unpaired) electrons. The van der Waals surface area contributed by atoms with E-state index in [4.69, 9.17) is 9.31 Å². The third-order valence-corrected chi connectivity index (χ3v) is 5.93. The van der Waals surface area contributed by atoms with Crippen molar-refractivity contribution in [1.29, 1.82) is 0 Å². The fourth-order valence-electron chi connectivity index (χ4n) is 2.73. The summed E-state index contributed by atoms with van der Waals surface area (Å²) in [6, 6.07) is 8.30. The maximum atomic E-state index is 11.4. The second-order valence-corrected chi connectivity index (χ2v) is 8.32. The Morgan fingerprint density at radius 1 is 1.20 bits per heavy atom. The first-order chi connectivity index (χ1) is 11.7. The van der Waals surface area contributed by atoms with Gasteiger partial charge in [-0.25, -0.2) is 0 Å². The highest BCUT2D eigenvalue weighted by Crippen LogP contribution is 2.39. The lowest BCUT2D eigenvalue weighted by atomic mass is 9.77. The number of carbonyl (C=O) groups is 1. The van der Waals surface area contributed by atoms with Crippen LogP contribution in [0.1, 0.15) is 40.2 Å². The van der Waals surface area contributed by atoms with Gasteiger partial charge in [-0.15, -0.1) is 11.3 Å². The van der Waals surface area contributed by atoms with Gasteiger partial charge in [0.15, 0.2) is 0 Å². The minimum atomic E-state index is -0.476. The molecule has 1 aromatic heterocycles. The van der Waals surface area contributed by atoms with Gasteiger partial charge in [0.05, 0.1) is 11.2 Å². The molecule has 25 heavy (non-hydrogen) atoms. The predicted octanol–water partition coefficient (Wildman–Crippen LogP) is 4.05. The molecule has 1 N–H and O–H groups in total. The fourth-order valence-corrected chi connectivity index (χ4v) is 3.65. The molecule has 3 rings (SSSR count).